The maximum Gasteiger partial charge on any atom is 0.306 e. The van der Waals surface area contributed by atoms with E-state index in [0.29, 0.717) is 19.3 Å². The largest absolute Gasteiger partial charge is 0.462 e. The summed E-state index contributed by atoms with van der Waals surface area (Å²) in [5, 5.41) is 0. The number of carbonyl (C=O) groups is 3. The van der Waals surface area contributed by atoms with Crippen LogP contribution in [0.1, 0.15) is 316 Å². The second-order valence-corrected chi connectivity index (χ2v) is 19.9. The first-order valence-corrected chi connectivity index (χ1v) is 29.5. The fourth-order valence-corrected chi connectivity index (χ4v) is 8.65. The van der Waals surface area contributed by atoms with Crippen molar-refractivity contribution in [1.82, 2.24) is 0 Å². The Kier molecular flexibility index (Phi) is 54.2. The van der Waals surface area contributed by atoms with Crippen LogP contribution in [-0.2, 0) is 28.6 Å². The van der Waals surface area contributed by atoms with E-state index in [9.17, 15) is 14.4 Å². The topological polar surface area (TPSA) is 78.9 Å². The Morgan fingerprint density at radius 2 is 0.537 bits per heavy atom. The van der Waals surface area contributed by atoms with E-state index in [1.807, 2.05) is 0 Å². The lowest BCUT2D eigenvalue weighted by Gasteiger charge is -2.18. The van der Waals surface area contributed by atoms with Gasteiger partial charge in [-0.25, -0.2) is 0 Å². The quantitative estimate of drug-likeness (QED) is 0.0262. The van der Waals surface area contributed by atoms with E-state index in [-0.39, 0.29) is 31.1 Å². The molecular formula is C61H112O6. The summed E-state index contributed by atoms with van der Waals surface area (Å²) in [6, 6.07) is 0. The predicted molar refractivity (Wildman–Crippen MR) is 289 cm³/mol. The van der Waals surface area contributed by atoms with Crippen LogP contribution in [0.5, 0.6) is 0 Å². The van der Waals surface area contributed by atoms with Gasteiger partial charge >= 0.3 is 17.9 Å². The van der Waals surface area contributed by atoms with E-state index < -0.39 is 6.10 Å². The second-order valence-electron chi connectivity index (χ2n) is 19.9. The van der Waals surface area contributed by atoms with Gasteiger partial charge in [-0.05, 0) is 77.0 Å². The molecular weight excluding hydrogens is 829 g/mol. The smallest absolute Gasteiger partial charge is 0.306 e. The van der Waals surface area contributed by atoms with Crippen molar-refractivity contribution in [2.24, 2.45) is 0 Å². The molecule has 0 radical (unpaired) electrons. The molecule has 0 saturated carbocycles. The second kappa shape index (κ2) is 56.2. The summed E-state index contributed by atoms with van der Waals surface area (Å²) in [6.07, 6.45) is 67.6. The molecule has 1 atom stereocenters. The molecule has 0 aromatic carbocycles. The van der Waals surface area contributed by atoms with Crippen LogP contribution in [-0.4, -0.2) is 37.2 Å². The lowest BCUT2D eigenvalue weighted by atomic mass is 10.0. The minimum Gasteiger partial charge on any atom is -0.462 e. The summed E-state index contributed by atoms with van der Waals surface area (Å²) < 4.78 is 16.7. The van der Waals surface area contributed by atoms with Crippen molar-refractivity contribution in [1.29, 1.82) is 0 Å². The zero-order valence-corrected chi connectivity index (χ0v) is 44.9. The van der Waals surface area contributed by atoms with Gasteiger partial charge in [0.1, 0.15) is 13.2 Å². The predicted octanol–water partition coefficient (Wildman–Crippen LogP) is 19.7. The van der Waals surface area contributed by atoms with Crippen molar-refractivity contribution in [3.63, 3.8) is 0 Å². The van der Waals surface area contributed by atoms with E-state index in [2.05, 4.69) is 57.2 Å². The Labute approximate surface area is 416 Å². The summed E-state index contributed by atoms with van der Waals surface area (Å²) in [7, 11) is 0. The minimum absolute atomic E-state index is 0.0720. The number of esters is 3. The van der Waals surface area contributed by atoms with Gasteiger partial charge in [0, 0.05) is 19.3 Å². The molecule has 0 saturated heterocycles. The van der Waals surface area contributed by atoms with Gasteiger partial charge in [0.2, 0.25) is 0 Å². The highest BCUT2D eigenvalue weighted by atomic mass is 16.6. The van der Waals surface area contributed by atoms with Gasteiger partial charge in [-0.2, -0.15) is 0 Å². The normalized spacial score (nSPS) is 12.2. The number of allylic oxidation sites excluding steroid dienone is 6. The Morgan fingerprint density at radius 1 is 0.299 bits per heavy atom. The molecule has 0 spiro atoms. The van der Waals surface area contributed by atoms with Crippen molar-refractivity contribution >= 4 is 17.9 Å². The van der Waals surface area contributed by atoms with Gasteiger partial charge in [0.25, 0.3) is 0 Å². The summed E-state index contributed by atoms with van der Waals surface area (Å²) in [4.78, 5) is 37.8. The first-order chi connectivity index (χ1) is 33.0. The van der Waals surface area contributed by atoms with Crippen molar-refractivity contribution in [3.05, 3.63) is 36.5 Å². The van der Waals surface area contributed by atoms with Crippen LogP contribution in [0.25, 0.3) is 0 Å². The molecule has 0 aliphatic rings. The monoisotopic (exact) mass is 941 g/mol. The van der Waals surface area contributed by atoms with Crippen molar-refractivity contribution < 1.29 is 28.6 Å². The van der Waals surface area contributed by atoms with Gasteiger partial charge in [-0.15, -0.1) is 0 Å². The lowest BCUT2D eigenvalue weighted by molar-refractivity contribution is -0.167. The number of ether oxygens (including phenoxy) is 3. The molecule has 0 aliphatic carbocycles. The van der Waals surface area contributed by atoms with E-state index in [1.54, 1.807) is 0 Å². The molecule has 0 heterocycles. The maximum atomic E-state index is 12.8. The van der Waals surface area contributed by atoms with Crippen LogP contribution in [0, 0.1) is 0 Å². The Morgan fingerprint density at radius 3 is 0.836 bits per heavy atom. The highest BCUT2D eigenvalue weighted by Crippen LogP contribution is 2.16. The van der Waals surface area contributed by atoms with Crippen LogP contribution >= 0.6 is 0 Å². The highest BCUT2D eigenvalue weighted by molar-refractivity contribution is 5.71. The Balaban J connectivity index is 3.99. The first kappa shape index (κ1) is 64.6. The molecule has 0 aliphatic heterocycles. The van der Waals surface area contributed by atoms with Crippen LogP contribution < -0.4 is 0 Å². The molecule has 0 aromatic rings. The molecule has 0 N–H and O–H groups in total. The van der Waals surface area contributed by atoms with Crippen molar-refractivity contribution in [3.8, 4) is 0 Å². The Bertz CT molecular complexity index is 1130. The van der Waals surface area contributed by atoms with Crippen molar-refractivity contribution in [2.45, 2.75) is 322 Å². The average Bonchev–Trinajstić information content (AvgIpc) is 3.33. The lowest BCUT2D eigenvalue weighted by Crippen LogP contribution is -2.30. The molecule has 392 valence electrons. The van der Waals surface area contributed by atoms with E-state index in [0.717, 1.165) is 70.6 Å². The molecule has 67 heavy (non-hydrogen) atoms. The zero-order valence-electron chi connectivity index (χ0n) is 44.9. The third kappa shape index (κ3) is 54.4. The van der Waals surface area contributed by atoms with Crippen LogP contribution in [0.4, 0.5) is 0 Å². The Hall–Kier alpha value is -2.37. The van der Waals surface area contributed by atoms with Gasteiger partial charge < -0.3 is 14.2 Å². The maximum absolute atomic E-state index is 12.8. The van der Waals surface area contributed by atoms with Gasteiger partial charge in [0.15, 0.2) is 6.10 Å². The molecule has 6 heteroatoms. The molecule has 0 fully saturated rings. The average molecular weight is 942 g/mol. The molecule has 0 rings (SSSR count). The molecule has 1 unspecified atom stereocenters. The number of hydrogen-bond donors (Lipinski definition) is 0. The summed E-state index contributed by atoms with van der Waals surface area (Å²) in [5.41, 5.74) is 0. The van der Waals surface area contributed by atoms with E-state index in [4.69, 9.17) is 14.2 Å². The fourth-order valence-electron chi connectivity index (χ4n) is 8.65. The number of carbonyl (C=O) groups excluding carboxylic acids is 3. The highest BCUT2D eigenvalue weighted by Gasteiger charge is 2.19. The summed E-state index contributed by atoms with van der Waals surface area (Å²) in [5.74, 6) is -0.877. The van der Waals surface area contributed by atoms with Crippen LogP contribution in [0.15, 0.2) is 36.5 Å². The summed E-state index contributed by atoms with van der Waals surface area (Å²) in [6.45, 7) is 6.58. The third-order valence-electron chi connectivity index (χ3n) is 13.1. The van der Waals surface area contributed by atoms with E-state index >= 15 is 0 Å². The first-order valence-electron chi connectivity index (χ1n) is 29.5. The molecule has 6 nitrogen and oxygen atoms in total. The molecule has 0 amide bonds. The third-order valence-corrected chi connectivity index (χ3v) is 13.1. The SMILES string of the molecule is CCCCCCC/C=C\C/C=C\CCCCCCCCCCCCCCCCCCCC(=O)OCC(COC(=O)CCCCCCCC)OC(=O)CCCCCCC/C=C\CCCCCCC. The van der Waals surface area contributed by atoms with Crippen molar-refractivity contribution in [2.75, 3.05) is 13.2 Å². The number of hydrogen-bond acceptors (Lipinski definition) is 6. The number of unbranched alkanes of at least 4 members (excludes halogenated alkanes) is 37. The van der Waals surface area contributed by atoms with E-state index in [1.165, 1.54) is 205 Å². The molecule has 0 bridgehead atoms. The zero-order chi connectivity index (χ0) is 48.6. The standard InChI is InChI=1S/C61H112O6/c1-4-7-10-13-16-18-20-22-24-25-26-27-28-29-30-31-32-33-34-35-36-37-38-40-41-43-45-48-51-54-60(63)66-57-58(56-65-59(62)53-50-47-15-12-9-6-3)67-61(64)55-52-49-46-44-42-39-23-21-19-17-14-11-8-5-2/h20-23,25-26,58H,4-19,24,27-57H2,1-3H3/b22-20-,23-21-,26-25-. The van der Waals surface area contributed by atoms with Crippen LogP contribution in [0.2, 0.25) is 0 Å². The summed E-state index contributed by atoms with van der Waals surface area (Å²) >= 11 is 0. The fraction of sp³-hybridized carbons (Fsp3) is 0.852. The number of rotatable bonds is 54. The van der Waals surface area contributed by atoms with Crippen LogP contribution in [0.3, 0.4) is 0 Å². The van der Waals surface area contributed by atoms with Gasteiger partial charge in [-0.3, -0.25) is 14.4 Å². The molecule has 0 aromatic heterocycles. The van der Waals surface area contributed by atoms with Gasteiger partial charge in [0.05, 0.1) is 0 Å². The minimum atomic E-state index is -0.770. The van der Waals surface area contributed by atoms with Gasteiger partial charge in [-0.1, -0.05) is 256 Å².